The van der Waals surface area contributed by atoms with Crippen LogP contribution in [-0.4, -0.2) is 30.9 Å². The molecule has 0 fully saturated rings. The highest BCUT2D eigenvalue weighted by Gasteiger charge is 2.27. The average molecular weight is 223 g/mol. The summed E-state index contributed by atoms with van der Waals surface area (Å²) in [7, 11) is 0. The minimum atomic E-state index is -1.05. The van der Waals surface area contributed by atoms with E-state index in [1.165, 1.54) is 13.8 Å². The molecule has 0 aromatic heterocycles. The van der Waals surface area contributed by atoms with E-state index < -0.39 is 16.8 Å². The van der Waals surface area contributed by atoms with E-state index in [1.54, 1.807) is 0 Å². The molecule has 0 saturated heterocycles. The second kappa shape index (κ2) is 5.59. The molecule has 0 radical (unpaired) electrons. The molecule has 14 heavy (non-hydrogen) atoms. The number of halogens is 1. The molecule has 1 atom stereocenters. The van der Waals surface area contributed by atoms with Crippen molar-refractivity contribution < 1.29 is 23.9 Å². The first-order valence-corrected chi connectivity index (χ1v) is 4.19. The third kappa shape index (κ3) is 5.53. The SMILES string of the molecule is CC(=O)OCC(C)(C=O)COC(=O)Cl. The largest absolute Gasteiger partial charge is 0.465 e. The number of carbonyl (C=O) groups is 3. The Morgan fingerprint density at radius 2 is 1.86 bits per heavy atom. The van der Waals surface area contributed by atoms with Crippen molar-refractivity contribution in [1.29, 1.82) is 0 Å². The van der Waals surface area contributed by atoms with E-state index in [2.05, 4.69) is 9.47 Å². The van der Waals surface area contributed by atoms with Gasteiger partial charge in [-0.2, -0.15) is 0 Å². The van der Waals surface area contributed by atoms with E-state index >= 15 is 0 Å². The molecule has 0 N–H and O–H groups in total. The Labute approximate surface area is 86.3 Å². The van der Waals surface area contributed by atoms with Crippen LogP contribution in [0.3, 0.4) is 0 Å². The second-order valence-electron chi connectivity index (χ2n) is 3.08. The van der Waals surface area contributed by atoms with Crippen molar-refractivity contribution in [2.45, 2.75) is 13.8 Å². The molecule has 0 aliphatic heterocycles. The van der Waals surface area contributed by atoms with Gasteiger partial charge in [-0.3, -0.25) is 4.79 Å². The third-order valence-corrected chi connectivity index (χ3v) is 1.51. The summed E-state index contributed by atoms with van der Waals surface area (Å²) in [6, 6.07) is 0. The number of esters is 1. The Hall–Kier alpha value is -1.10. The first-order chi connectivity index (χ1) is 6.39. The van der Waals surface area contributed by atoms with E-state index in [1.807, 2.05) is 0 Å². The van der Waals surface area contributed by atoms with Crippen LogP contribution in [0, 0.1) is 5.41 Å². The van der Waals surface area contributed by atoms with Crippen LogP contribution in [0.25, 0.3) is 0 Å². The Balaban J connectivity index is 4.10. The van der Waals surface area contributed by atoms with Crippen LogP contribution in [0.5, 0.6) is 0 Å². The van der Waals surface area contributed by atoms with E-state index in [0.29, 0.717) is 6.29 Å². The van der Waals surface area contributed by atoms with Gasteiger partial charge in [0.25, 0.3) is 0 Å². The Bertz CT molecular complexity index is 220. The van der Waals surface area contributed by atoms with Crippen molar-refractivity contribution in [2.75, 3.05) is 13.2 Å². The van der Waals surface area contributed by atoms with Gasteiger partial charge in [-0.15, -0.1) is 0 Å². The van der Waals surface area contributed by atoms with Gasteiger partial charge in [0.05, 0.1) is 5.41 Å². The molecule has 1 unspecified atom stereocenters. The van der Waals surface area contributed by atoms with Crippen molar-refractivity contribution in [1.82, 2.24) is 0 Å². The first-order valence-electron chi connectivity index (χ1n) is 3.81. The number of ether oxygens (including phenoxy) is 2. The fraction of sp³-hybridized carbons (Fsp3) is 0.625. The molecule has 80 valence electrons. The van der Waals surface area contributed by atoms with Crippen LogP contribution in [0.2, 0.25) is 0 Å². The summed E-state index contributed by atoms with van der Waals surface area (Å²) in [5.74, 6) is -0.504. The molecule has 0 aromatic rings. The molecule has 0 saturated carbocycles. The standard InChI is InChI=1S/C8H11ClO5/c1-6(11)13-4-8(2,3-10)5-14-7(9)12/h3H,4-5H2,1-2H3. The summed E-state index contributed by atoms with van der Waals surface area (Å²) in [5.41, 5.74) is -2.04. The molecule has 0 aromatic carbocycles. The van der Waals surface area contributed by atoms with Gasteiger partial charge < -0.3 is 14.3 Å². The Kier molecular flexibility index (Phi) is 5.15. The predicted molar refractivity (Wildman–Crippen MR) is 48.0 cm³/mol. The molecule has 0 rings (SSSR count). The lowest BCUT2D eigenvalue weighted by Crippen LogP contribution is -2.32. The summed E-state index contributed by atoms with van der Waals surface area (Å²) in [5, 5.41) is 0. The lowest BCUT2D eigenvalue weighted by atomic mass is 9.95. The van der Waals surface area contributed by atoms with Crippen molar-refractivity contribution >= 4 is 29.3 Å². The van der Waals surface area contributed by atoms with E-state index in [4.69, 9.17) is 11.6 Å². The zero-order valence-electron chi connectivity index (χ0n) is 7.91. The number of rotatable bonds is 5. The van der Waals surface area contributed by atoms with Gasteiger partial charge in [0.2, 0.25) is 0 Å². The number of hydrogen-bond donors (Lipinski definition) is 0. The smallest absolute Gasteiger partial charge is 0.403 e. The predicted octanol–water partition coefficient (Wildman–Crippen LogP) is 1.13. The average Bonchev–Trinajstić information content (AvgIpc) is 2.11. The normalized spacial score (nSPS) is 13.9. The monoisotopic (exact) mass is 222 g/mol. The van der Waals surface area contributed by atoms with Crippen LogP contribution in [0.15, 0.2) is 0 Å². The van der Waals surface area contributed by atoms with Gasteiger partial charge in [0.15, 0.2) is 0 Å². The van der Waals surface area contributed by atoms with Crippen LogP contribution in [0.1, 0.15) is 13.8 Å². The second-order valence-corrected chi connectivity index (χ2v) is 3.39. The number of aldehydes is 1. The van der Waals surface area contributed by atoms with Gasteiger partial charge >= 0.3 is 11.4 Å². The molecule has 0 aliphatic carbocycles. The maximum absolute atomic E-state index is 10.6. The van der Waals surface area contributed by atoms with E-state index in [0.717, 1.165) is 0 Å². The topological polar surface area (TPSA) is 69.7 Å². The van der Waals surface area contributed by atoms with E-state index in [9.17, 15) is 14.4 Å². The molecule has 0 aliphatic rings. The summed E-state index contributed by atoms with van der Waals surface area (Å²) in [6.45, 7) is 2.35. The first kappa shape index (κ1) is 12.9. The summed E-state index contributed by atoms with van der Waals surface area (Å²) < 4.78 is 9.06. The van der Waals surface area contributed by atoms with Crippen LogP contribution < -0.4 is 0 Å². The lowest BCUT2D eigenvalue weighted by molar-refractivity contribution is -0.146. The Morgan fingerprint density at radius 1 is 1.36 bits per heavy atom. The highest BCUT2D eigenvalue weighted by Crippen LogP contribution is 2.14. The minimum Gasteiger partial charge on any atom is -0.465 e. The fourth-order valence-corrected chi connectivity index (χ4v) is 0.652. The maximum atomic E-state index is 10.6. The quantitative estimate of drug-likeness (QED) is 0.396. The van der Waals surface area contributed by atoms with Crippen LogP contribution in [-0.2, 0) is 19.1 Å². The molecular weight excluding hydrogens is 212 g/mol. The van der Waals surface area contributed by atoms with Gasteiger partial charge in [-0.25, -0.2) is 4.79 Å². The number of hydrogen-bond acceptors (Lipinski definition) is 5. The summed E-state index contributed by atoms with van der Waals surface area (Å²) in [4.78, 5) is 31.4. The zero-order valence-corrected chi connectivity index (χ0v) is 8.67. The Morgan fingerprint density at radius 3 is 2.21 bits per heavy atom. The molecule has 0 amide bonds. The van der Waals surface area contributed by atoms with Gasteiger partial charge in [0.1, 0.15) is 19.5 Å². The molecule has 0 bridgehead atoms. The molecular formula is C8H11ClO5. The summed E-state index contributed by atoms with van der Waals surface area (Å²) in [6.07, 6.45) is 0.551. The lowest BCUT2D eigenvalue weighted by Gasteiger charge is -2.20. The number of carbonyl (C=O) groups excluding carboxylic acids is 3. The van der Waals surface area contributed by atoms with Crippen molar-refractivity contribution in [2.24, 2.45) is 5.41 Å². The highest BCUT2D eigenvalue weighted by atomic mass is 35.5. The van der Waals surface area contributed by atoms with Gasteiger partial charge in [-0.05, 0) is 6.92 Å². The van der Waals surface area contributed by atoms with Crippen LogP contribution in [0.4, 0.5) is 4.79 Å². The van der Waals surface area contributed by atoms with Crippen molar-refractivity contribution in [3.63, 3.8) is 0 Å². The molecule has 0 heterocycles. The summed E-state index contributed by atoms with van der Waals surface area (Å²) >= 11 is 4.92. The molecule has 0 spiro atoms. The van der Waals surface area contributed by atoms with E-state index in [-0.39, 0.29) is 13.2 Å². The third-order valence-electron chi connectivity index (χ3n) is 1.41. The zero-order chi connectivity index (χ0) is 11.2. The molecule has 6 heteroatoms. The van der Waals surface area contributed by atoms with Crippen LogP contribution >= 0.6 is 11.6 Å². The van der Waals surface area contributed by atoms with Gasteiger partial charge in [-0.1, -0.05) is 0 Å². The van der Waals surface area contributed by atoms with Crippen molar-refractivity contribution in [3.8, 4) is 0 Å². The van der Waals surface area contributed by atoms with Crippen molar-refractivity contribution in [3.05, 3.63) is 0 Å². The maximum Gasteiger partial charge on any atom is 0.403 e. The highest BCUT2D eigenvalue weighted by molar-refractivity contribution is 6.61. The molecule has 5 nitrogen and oxygen atoms in total. The fourth-order valence-electron chi connectivity index (χ4n) is 0.598. The minimum absolute atomic E-state index is 0.143. The van der Waals surface area contributed by atoms with Gasteiger partial charge in [0, 0.05) is 18.5 Å².